The van der Waals surface area contributed by atoms with E-state index in [4.69, 9.17) is 0 Å². The molecule has 0 amide bonds. The molecule has 1 aromatic carbocycles. The highest BCUT2D eigenvalue weighted by Gasteiger charge is 2.22. The molecule has 0 aliphatic carbocycles. The van der Waals surface area contributed by atoms with Crippen LogP contribution in [0.2, 0.25) is 0 Å². The molecule has 1 N–H and O–H groups in total. The van der Waals surface area contributed by atoms with E-state index >= 15 is 0 Å². The van der Waals surface area contributed by atoms with Crippen LogP contribution in [0.15, 0.2) is 18.2 Å². The van der Waals surface area contributed by atoms with E-state index in [1.165, 1.54) is 49.9 Å². The second-order valence-corrected chi connectivity index (χ2v) is 6.16. The van der Waals surface area contributed by atoms with Crippen molar-refractivity contribution >= 4 is 0 Å². The van der Waals surface area contributed by atoms with Gasteiger partial charge >= 0.3 is 0 Å². The van der Waals surface area contributed by atoms with Crippen molar-refractivity contribution in [2.45, 2.75) is 52.5 Å². The largest absolute Gasteiger partial charge is 0.314 e. The van der Waals surface area contributed by atoms with Crippen molar-refractivity contribution in [3.05, 3.63) is 34.9 Å². The van der Waals surface area contributed by atoms with Crippen LogP contribution in [0.1, 0.15) is 55.3 Å². The van der Waals surface area contributed by atoms with Crippen LogP contribution in [0.3, 0.4) is 0 Å². The summed E-state index contributed by atoms with van der Waals surface area (Å²) >= 11 is 0. The lowest BCUT2D eigenvalue weighted by Crippen LogP contribution is -2.45. The molecule has 2 nitrogen and oxygen atoms in total. The van der Waals surface area contributed by atoms with Crippen molar-refractivity contribution in [2.24, 2.45) is 0 Å². The van der Waals surface area contributed by atoms with Gasteiger partial charge in [0.25, 0.3) is 0 Å². The normalized spacial score (nSPS) is 18.1. The van der Waals surface area contributed by atoms with Crippen LogP contribution in [0, 0.1) is 13.8 Å². The first-order valence-corrected chi connectivity index (χ1v) is 8.24. The summed E-state index contributed by atoms with van der Waals surface area (Å²) in [7, 11) is 0. The van der Waals surface area contributed by atoms with Gasteiger partial charge in [-0.25, -0.2) is 0 Å². The maximum Gasteiger partial charge on any atom is 0.0351 e. The fourth-order valence-electron chi connectivity index (χ4n) is 3.32. The van der Waals surface area contributed by atoms with E-state index in [-0.39, 0.29) is 0 Å². The summed E-state index contributed by atoms with van der Waals surface area (Å²) < 4.78 is 0. The Morgan fingerprint density at radius 3 is 2.55 bits per heavy atom. The first-order chi connectivity index (χ1) is 9.72. The van der Waals surface area contributed by atoms with Gasteiger partial charge in [0.05, 0.1) is 0 Å². The average molecular weight is 274 g/mol. The van der Waals surface area contributed by atoms with Gasteiger partial charge in [-0.05, 0) is 31.4 Å². The van der Waals surface area contributed by atoms with E-state index in [0.717, 1.165) is 13.1 Å². The van der Waals surface area contributed by atoms with Gasteiger partial charge < -0.3 is 5.32 Å². The maximum atomic E-state index is 3.47. The topological polar surface area (TPSA) is 15.3 Å². The summed E-state index contributed by atoms with van der Waals surface area (Å²) in [5.74, 6) is 0. The third-order valence-electron chi connectivity index (χ3n) is 4.46. The zero-order chi connectivity index (χ0) is 14.4. The summed E-state index contributed by atoms with van der Waals surface area (Å²) in [4.78, 5) is 2.68. The van der Waals surface area contributed by atoms with Crippen molar-refractivity contribution in [1.29, 1.82) is 0 Å². The van der Waals surface area contributed by atoms with E-state index in [1.807, 2.05) is 0 Å². The van der Waals surface area contributed by atoms with Crippen LogP contribution >= 0.6 is 0 Å². The van der Waals surface area contributed by atoms with Gasteiger partial charge in [-0.1, -0.05) is 49.9 Å². The minimum atomic E-state index is 0.615. The fourth-order valence-corrected chi connectivity index (χ4v) is 3.32. The first-order valence-electron chi connectivity index (χ1n) is 8.24. The average Bonchev–Trinajstić information content (AvgIpc) is 2.46. The molecule has 2 rings (SSSR count). The molecule has 0 aromatic heterocycles. The predicted molar refractivity (Wildman–Crippen MR) is 87.2 cm³/mol. The quantitative estimate of drug-likeness (QED) is 0.793. The highest BCUT2D eigenvalue weighted by atomic mass is 15.2. The van der Waals surface area contributed by atoms with Crippen molar-refractivity contribution in [3.8, 4) is 0 Å². The molecule has 0 bridgehead atoms. The minimum Gasteiger partial charge on any atom is -0.314 e. The number of hydrogen-bond acceptors (Lipinski definition) is 2. The lowest BCUT2D eigenvalue weighted by Gasteiger charge is -2.36. The van der Waals surface area contributed by atoms with Crippen LogP contribution in [-0.2, 0) is 0 Å². The minimum absolute atomic E-state index is 0.615. The zero-order valence-corrected chi connectivity index (χ0v) is 13.4. The third-order valence-corrected chi connectivity index (χ3v) is 4.46. The number of nitrogens with one attached hydrogen (secondary N) is 1. The monoisotopic (exact) mass is 274 g/mol. The highest BCUT2D eigenvalue weighted by Crippen LogP contribution is 2.29. The molecule has 1 saturated heterocycles. The molecule has 0 saturated carbocycles. The van der Waals surface area contributed by atoms with Gasteiger partial charge in [-0.3, -0.25) is 4.90 Å². The Labute approximate surface area is 124 Å². The summed E-state index contributed by atoms with van der Waals surface area (Å²) in [6.45, 7) is 11.4. The number of unbranched alkanes of at least 4 members (excludes halogenated alkanes) is 2. The number of nitrogens with zero attached hydrogens (tertiary/aromatic N) is 1. The van der Waals surface area contributed by atoms with E-state index in [9.17, 15) is 0 Å². The van der Waals surface area contributed by atoms with Gasteiger partial charge in [0.15, 0.2) is 0 Å². The first kappa shape index (κ1) is 15.5. The standard InChI is InChI=1S/C18H30N2/c1-4-5-6-7-18(20-12-10-19-11-13-20)17-9-8-15(2)14-16(17)3/h8-9,14,18-19H,4-7,10-13H2,1-3H3/t18-/m0/s1. The van der Waals surface area contributed by atoms with Crippen molar-refractivity contribution in [3.63, 3.8) is 0 Å². The van der Waals surface area contributed by atoms with Gasteiger partial charge in [-0.15, -0.1) is 0 Å². The Hall–Kier alpha value is -0.860. The van der Waals surface area contributed by atoms with Gasteiger partial charge in [0.1, 0.15) is 0 Å². The number of benzene rings is 1. The molecular weight excluding hydrogens is 244 g/mol. The molecule has 0 spiro atoms. The summed E-state index contributed by atoms with van der Waals surface area (Å²) in [5.41, 5.74) is 4.39. The molecule has 1 aromatic rings. The highest BCUT2D eigenvalue weighted by molar-refractivity contribution is 5.33. The van der Waals surface area contributed by atoms with Crippen molar-refractivity contribution in [2.75, 3.05) is 26.2 Å². The number of piperazine rings is 1. The zero-order valence-electron chi connectivity index (χ0n) is 13.4. The van der Waals surface area contributed by atoms with E-state index in [0.29, 0.717) is 6.04 Å². The predicted octanol–water partition coefficient (Wildman–Crippen LogP) is 3.83. The number of hydrogen-bond donors (Lipinski definition) is 1. The third kappa shape index (κ3) is 4.07. The Morgan fingerprint density at radius 2 is 1.90 bits per heavy atom. The lowest BCUT2D eigenvalue weighted by atomic mass is 9.93. The Morgan fingerprint density at radius 1 is 1.15 bits per heavy atom. The second kappa shape index (κ2) is 7.80. The smallest absolute Gasteiger partial charge is 0.0351 e. The van der Waals surface area contributed by atoms with E-state index in [1.54, 1.807) is 5.56 Å². The molecule has 1 heterocycles. The molecule has 1 atom stereocenters. The Balaban J connectivity index is 2.15. The van der Waals surface area contributed by atoms with E-state index in [2.05, 4.69) is 49.2 Å². The molecule has 20 heavy (non-hydrogen) atoms. The fraction of sp³-hybridized carbons (Fsp3) is 0.667. The SMILES string of the molecule is CCCCC[C@@H](c1ccc(C)cc1C)N1CCNCC1. The summed E-state index contributed by atoms with van der Waals surface area (Å²) in [5, 5.41) is 3.47. The molecule has 1 aliphatic rings. The molecule has 2 heteroatoms. The van der Waals surface area contributed by atoms with Crippen LogP contribution < -0.4 is 5.32 Å². The van der Waals surface area contributed by atoms with Gasteiger partial charge in [0, 0.05) is 32.2 Å². The maximum absolute atomic E-state index is 3.47. The number of aryl methyl sites for hydroxylation is 2. The molecule has 112 valence electrons. The van der Waals surface area contributed by atoms with Crippen LogP contribution in [-0.4, -0.2) is 31.1 Å². The van der Waals surface area contributed by atoms with Crippen molar-refractivity contribution < 1.29 is 0 Å². The van der Waals surface area contributed by atoms with Crippen LogP contribution in [0.5, 0.6) is 0 Å². The van der Waals surface area contributed by atoms with Crippen molar-refractivity contribution in [1.82, 2.24) is 10.2 Å². The molecular formula is C18H30N2. The summed E-state index contributed by atoms with van der Waals surface area (Å²) in [6, 6.07) is 7.59. The molecule has 1 aliphatic heterocycles. The van der Waals surface area contributed by atoms with E-state index < -0.39 is 0 Å². The van der Waals surface area contributed by atoms with Crippen LogP contribution in [0.4, 0.5) is 0 Å². The van der Waals surface area contributed by atoms with Gasteiger partial charge in [0.2, 0.25) is 0 Å². The van der Waals surface area contributed by atoms with Crippen LogP contribution in [0.25, 0.3) is 0 Å². The molecule has 0 radical (unpaired) electrons. The summed E-state index contributed by atoms with van der Waals surface area (Å²) in [6.07, 6.45) is 5.31. The molecule has 1 fully saturated rings. The molecule has 0 unspecified atom stereocenters. The Kier molecular flexibility index (Phi) is 6.06. The lowest BCUT2D eigenvalue weighted by molar-refractivity contribution is 0.162. The number of rotatable bonds is 6. The van der Waals surface area contributed by atoms with Gasteiger partial charge in [-0.2, -0.15) is 0 Å². The Bertz CT molecular complexity index is 408. The second-order valence-electron chi connectivity index (χ2n) is 6.16.